The summed E-state index contributed by atoms with van der Waals surface area (Å²) in [4.78, 5) is 28.8. The summed E-state index contributed by atoms with van der Waals surface area (Å²) in [6.07, 6.45) is 10.3. The molecule has 10 nitrogen and oxygen atoms in total. The molecular weight excluding hydrogens is 554 g/mol. The maximum absolute atomic E-state index is 13.0. The minimum Gasteiger partial charge on any atom is -0.494 e. The van der Waals surface area contributed by atoms with Crippen molar-refractivity contribution in [1.29, 1.82) is 0 Å². The van der Waals surface area contributed by atoms with E-state index in [1.807, 2.05) is 49.1 Å². The smallest absolute Gasteiger partial charge is 0.321 e. The number of morpholine rings is 1. The van der Waals surface area contributed by atoms with Gasteiger partial charge in [-0.25, -0.2) is 9.79 Å². The number of piperazine rings is 1. The van der Waals surface area contributed by atoms with E-state index in [0.29, 0.717) is 26.2 Å². The highest BCUT2D eigenvalue weighted by Crippen LogP contribution is 2.24. The monoisotopic (exact) mass is 605 g/mol. The maximum Gasteiger partial charge on any atom is 0.321 e. The van der Waals surface area contributed by atoms with E-state index in [1.165, 1.54) is 0 Å². The molecule has 0 saturated carbocycles. The molecule has 2 N–H and O–H groups in total. The Hall–Kier alpha value is -3.47. The number of allylic oxidation sites excluding steroid dienone is 3. The fourth-order valence-electron chi connectivity index (χ4n) is 5.74. The average molecular weight is 606 g/mol. The predicted octanol–water partition coefficient (Wildman–Crippen LogP) is 4.58. The first-order valence-corrected chi connectivity index (χ1v) is 16.3. The van der Waals surface area contributed by atoms with Crippen molar-refractivity contribution >= 4 is 29.5 Å². The standard InChI is InChI=1S/C32H45N7O3.C2H6/c1-26-3-8-30(42-22-2-15-37-18-13-33-14-19-37)9-12-34-25-35-31(26)27-10-16-39(17-11-27)32(40)36-28-4-6-29(7-5-28)38-20-23-41-24-21-38;1-2/h3-9,25,27,33H,1-2,10-24H2,(H,36,40);1-2H3/b8-3-,30-9+,34-25?,35-31?;. The van der Waals surface area contributed by atoms with Gasteiger partial charge in [0.25, 0.3) is 0 Å². The number of likely N-dealkylation sites (tertiary alicyclic amines) is 1. The normalized spacial score (nSPS) is 22.2. The molecule has 5 rings (SSSR count). The molecule has 2 amide bonds. The van der Waals surface area contributed by atoms with E-state index in [-0.39, 0.29) is 11.9 Å². The highest BCUT2D eigenvalue weighted by Gasteiger charge is 2.27. The zero-order valence-corrected chi connectivity index (χ0v) is 26.7. The van der Waals surface area contributed by atoms with Gasteiger partial charge in [-0.15, -0.1) is 0 Å². The van der Waals surface area contributed by atoms with Crippen LogP contribution < -0.4 is 15.5 Å². The van der Waals surface area contributed by atoms with Crippen LogP contribution >= 0.6 is 0 Å². The summed E-state index contributed by atoms with van der Waals surface area (Å²) in [5.74, 6) is 1.04. The van der Waals surface area contributed by atoms with Gasteiger partial charge in [0.1, 0.15) is 12.1 Å². The number of hydrogen-bond donors (Lipinski definition) is 2. The van der Waals surface area contributed by atoms with Gasteiger partial charge in [0.2, 0.25) is 0 Å². The Labute approximate surface area is 263 Å². The zero-order chi connectivity index (χ0) is 31.0. The van der Waals surface area contributed by atoms with Crippen LogP contribution in [-0.4, -0.2) is 113 Å². The number of benzene rings is 1. The number of urea groups is 1. The van der Waals surface area contributed by atoms with Gasteiger partial charge >= 0.3 is 6.03 Å². The molecule has 3 saturated heterocycles. The van der Waals surface area contributed by atoms with Crippen molar-refractivity contribution in [3.63, 3.8) is 0 Å². The minimum absolute atomic E-state index is 0.0652. The van der Waals surface area contributed by atoms with Crippen LogP contribution in [0.1, 0.15) is 33.1 Å². The fourth-order valence-corrected chi connectivity index (χ4v) is 5.74. The molecule has 0 spiro atoms. The summed E-state index contributed by atoms with van der Waals surface area (Å²) >= 11 is 0. The molecule has 1 aromatic rings. The molecule has 4 aliphatic heterocycles. The Morgan fingerprint density at radius 2 is 1.77 bits per heavy atom. The van der Waals surface area contributed by atoms with Gasteiger partial charge in [0.05, 0.1) is 32.1 Å². The Balaban J connectivity index is 0.00000216. The van der Waals surface area contributed by atoms with Gasteiger partial charge in [-0.05, 0) is 61.3 Å². The number of rotatable bonds is 8. The zero-order valence-electron chi connectivity index (χ0n) is 26.7. The third-order valence-corrected chi connectivity index (χ3v) is 8.21. The number of ether oxygens (including phenoxy) is 2. The number of hydrogen-bond acceptors (Lipinski definition) is 8. The molecule has 0 bridgehead atoms. The quantitative estimate of drug-likeness (QED) is 0.422. The van der Waals surface area contributed by atoms with Gasteiger partial charge in [0, 0.05) is 76.2 Å². The second-order valence-corrected chi connectivity index (χ2v) is 11.1. The predicted molar refractivity (Wildman–Crippen MR) is 181 cm³/mol. The first-order valence-electron chi connectivity index (χ1n) is 16.3. The van der Waals surface area contributed by atoms with Gasteiger partial charge in [-0.3, -0.25) is 4.99 Å². The summed E-state index contributed by atoms with van der Waals surface area (Å²) in [5, 5.41) is 6.45. The molecule has 0 aromatic heterocycles. The Kier molecular flexibility index (Phi) is 13.9. The van der Waals surface area contributed by atoms with E-state index in [2.05, 4.69) is 49.1 Å². The third-order valence-electron chi connectivity index (χ3n) is 8.21. The number of amides is 2. The lowest BCUT2D eigenvalue weighted by Gasteiger charge is -2.33. The minimum atomic E-state index is -0.0652. The third kappa shape index (κ3) is 10.3. The molecule has 0 radical (unpaired) electrons. The van der Waals surface area contributed by atoms with Crippen molar-refractivity contribution < 1.29 is 14.3 Å². The van der Waals surface area contributed by atoms with Crippen molar-refractivity contribution in [2.45, 2.75) is 33.1 Å². The number of carbonyl (C=O) groups is 1. The van der Waals surface area contributed by atoms with E-state index in [0.717, 1.165) is 107 Å². The number of anilines is 2. The molecule has 3 fully saturated rings. The first-order chi connectivity index (χ1) is 21.7. The molecule has 0 atom stereocenters. The van der Waals surface area contributed by atoms with Crippen molar-refractivity contribution in [3.8, 4) is 0 Å². The summed E-state index contributed by atoms with van der Waals surface area (Å²) in [6.45, 7) is 19.5. The van der Waals surface area contributed by atoms with Gasteiger partial charge < -0.3 is 34.8 Å². The van der Waals surface area contributed by atoms with Crippen LogP contribution in [0.3, 0.4) is 0 Å². The van der Waals surface area contributed by atoms with Crippen molar-refractivity contribution in [2.75, 3.05) is 95.5 Å². The molecule has 240 valence electrons. The summed E-state index contributed by atoms with van der Waals surface area (Å²) in [7, 11) is 0. The highest BCUT2D eigenvalue weighted by molar-refractivity contribution is 6.07. The lowest BCUT2D eigenvalue weighted by Crippen LogP contribution is -2.43. The Bertz CT molecular complexity index is 1160. The molecular formula is C34H51N7O3. The van der Waals surface area contributed by atoms with Crippen molar-refractivity contribution in [1.82, 2.24) is 15.1 Å². The second-order valence-electron chi connectivity index (χ2n) is 11.1. The van der Waals surface area contributed by atoms with Gasteiger partial charge in [0.15, 0.2) is 0 Å². The molecule has 4 aliphatic rings. The topological polar surface area (TPSA) is 94.0 Å². The van der Waals surface area contributed by atoms with E-state index in [4.69, 9.17) is 9.47 Å². The van der Waals surface area contributed by atoms with Crippen LogP contribution in [0.25, 0.3) is 0 Å². The van der Waals surface area contributed by atoms with Crippen LogP contribution in [0.2, 0.25) is 0 Å². The van der Waals surface area contributed by atoms with E-state index < -0.39 is 0 Å². The lowest BCUT2D eigenvalue weighted by molar-refractivity contribution is 0.122. The first kappa shape index (κ1) is 33.4. The maximum atomic E-state index is 13.0. The molecule has 44 heavy (non-hydrogen) atoms. The van der Waals surface area contributed by atoms with Gasteiger partial charge in [-0.1, -0.05) is 26.5 Å². The van der Waals surface area contributed by atoms with Gasteiger partial charge in [-0.2, -0.15) is 0 Å². The Morgan fingerprint density at radius 1 is 1.05 bits per heavy atom. The van der Waals surface area contributed by atoms with E-state index in [9.17, 15) is 4.79 Å². The van der Waals surface area contributed by atoms with Crippen LogP contribution in [0.5, 0.6) is 0 Å². The molecule has 1 aromatic carbocycles. The highest BCUT2D eigenvalue weighted by atomic mass is 16.5. The van der Waals surface area contributed by atoms with Crippen LogP contribution in [-0.2, 0) is 9.47 Å². The fraction of sp³-hybridized carbons (Fsp3) is 0.559. The number of carbonyl (C=O) groups excluding carboxylic acids is 1. The number of nitrogens with zero attached hydrogens (tertiary/aromatic N) is 5. The van der Waals surface area contributed by atoms with E-state index in [1.54, 1.807) is 6.34 Å². The molecule has 0 unspecified atom stereocenters. The number of nitrogens with one attached hydrogen (secondary N) is 2. The number of piperidine rings is 1. The largest absolute Gasteiger partial charge is 0.494 e. The van der Waals surface area contributed by atoms with Crippen LogP contribution in [0.15, 0.2) is 70.4 Å². The van der Waals surface area contributed by atoms with Crippen molar-refractivity contribution in [3.05, 3.63) is 60.4 Å². The molecule has 10 heteroatoms. The Morgan fingerprint density at radius 3 is 2.50 bits per heavy atom. The van der Waals surface area contributed by atoms with Crippen LogP contribution in [0, 0.1) is 5.92 Å². The molecule has 0 aliphatic carbocycles. The summed E-state index contributed by atoms with van der Waals surface area (Å²) in [6, 6.07) is 8.00. The SMILES string of the molecule is C=C1/C=C\C(OCCCN2CCNCC2)=C/CN=CN=C1C1CCN(C(=O)Nc2ccc(N3CCOCC3)cc2)CC1.CC. The van der Waals surface area contributed by atoms with Crippen LogP contribution in [0.4, 0.5) is 16.2 Å². The second kappa shape index (κ2) is 18.4. The molecule has 4 heterocycles. The average Bonchev–Trinajstić information content (AvgIpc) is 3.09. The number of aliphatic imine (C=N–C) groups is 2. The van der Waals surface area contributed by atoms with Crippen molar-refractivity contribution in [2.24, 2.45) is 15.9 Å². The summed E-state index contributed by atoms with van der Waals surface area (Å²) in [5.41, 5.74) is 3.76. The lowest BCUT2D eigenvalue weighted by atomic mass is 9.88. The van der Waals surface area contributed by atoms with E-state index >= 15 is 0 Å². The summed E-state index contributed by atoms with van der Waals surface area (Å²) < 4.78 is 11.5.